The molecule has 0 aliphatic carbocycles. The molecule has 2 fully saturated rings. The minimum atomic E-state index is -0.636. The third kappa shape index (κ3) is 5.81. The number of ether oxygens (including phenoxy) is 4. The number of H-pyrrole nitrogens is 1. The average Bonchev–Trinajstić information content (AvgIpc) is 3.39. The SMILES string of the molecule is OCC1(COCCN2CCOCC2)COC(c2nc(-c3ccccc3)c(-c3ccccc3)[nH]2)OC1. The van der Waals surface area contributed by atoms with Crippen LogP contribution in [0.4, 0.5) is 0 Å². The van der Waals surface area contributed by atoms with E-state index < -0.39 is 11.7 Å². The van der Waals surface area contributed by atoms with Crippen LogP contribution in [-0.2, 0) is 18.9 Å². The molecule has 0 atom stereocenters. The molecule has 0 amide bonds. The van der Waals surface area contributed by atoms with E-state index in [0.29, 0.717) is 32.3 Å². The fourth-order valence-corrected chi connectivity index (χ4v) is 4.40. The molecule has 1 aromatic heterocycles. The number of benzene rings is 2. The van der Waals surface area contributed by atoms with Crippen molar-refractivity contribution in [1.29, 1.82) is 0 Å². The van der Waals surface area contributed by atoms with Gasteiger partial charge in [-0.1, -0.05) is 60.7 Å². The topological polar surface area (TPSA) is 89.1 Å². The molecule has 8 nitrogen and oxygen atoms in total. The Balaban J connectivity index is 1.24. The number of aliphatic hydroxyl groups excluding tert-OH is 1. The lowest BCUT2D eigenvalue weighted by atomic mass is 9.91. The molecule has 3 heterocycles. The van der Waals surface area contributed by atoms with Gasteiger partial charge in [0.1, 0.15) is 0 Å². The van der Waals surface area contributed by atoms with E-state index in [1.54, 1.807) is 0 Å². The van der Waals surface area contributed by atoms with Gasteiger partial charge in [-0.2, -0.15) is 0 Å². The van der Waals surface area contributed by atoms with Crippen molar-refractivity contribution < 1.29 is 24.1 Å². The molecule has 0 bridgehead atoms. The Morgan fingerprint density at radius 3 is 2.29 bits per heavy atom. The summed E-state index contributed by atoms with van der Waals surface area (Å²) in [6, 6.07) is 20.2. The summed E-state index contributed by atoms with van der Waals surface area (Å²) in [5, 5.41) is 10.1. The number of nitrogens with zero attached hydrogens (tertiary/aromatic N) is 2. The van der Waals surface area contributed by atoms with Crippen molar-refractivity contribution in [2.75, 3.05) is 65.9 Å². The minimum Gasteiger partial charge on any atom is -0.396 e. The quantitative estimate of drug-likeness (QED) is 0.456. The summed E-state index contributed by atoms with van der Waals surface area (Å²) in [4.78, 5) is 10.6. The normalized spacial score (nSPS) is 23.4. The molecule has 35 heavy (non-hydrogen) atoms. The van der Waals surface area contributed by atoms with E-state index in [0.717, 1.165) is 55.4 Å². The highest BCUT2D eigenvalue weighted by Crippen LogP contribution is 2.35. The second kappa shape index (κ2) is 11.4. The summed E-state index contributed by atoms with van der Waals surface area (Å²) < 4.78 is 23.5. The molecule has 2 aliphatic heterocycles. The van der Waals surface area contributed by atoms with Crippen molar-refractivity contribution in [3.05, 3.63) is 66.5 Å². The summed E-state index contributed by atoms with van der Waals surface area (Å²) in [5.74, 6) is 0.613. The maximum Gasteiger partial charge on any atom is 0.217 e. The van der Waals surface area contributed by atoms with Gasteiger partial charge in [-0.3, -0.25) is 4.90 Å². The van der Waals surface area contributed by atoms with Gasteiger partial charge in [0.05, 0.1) is 63.1 Å². The Labute approximate surface area is 205 Å². The van der Waals surface area contributed by atoms with Gasteiger partial charge >= 0.3 is 0 Å². The van der Waals surface area contributed by atoms with Crippen LogP contribution in [0.2, 0.25) is 0 Å². The molecule has 0 saturated carbocycles. The first-order chi connectivity index (χ1) is 17.3. The maximum atomic E-state index is 10.1. The predicted octanol–water partition coefficient (Wildman–Crippen LogP) is 3.12. The molecule has 2 aliphatic rings. The number of aliphatic hydroxyl groups is 1. The number of aromatic nitrogens is 2. The molecule has 2 aromatic carbocycles. The predicted molar refractivity (Wildman–Crippen MR) is 132 cm³/mol. The van der Waals surface area contributed by atoms with Gasteiger partial charge in [0, 0.05) is 30.8 Å². The minimum absolute atomic E-state index is 0.0695. The van der Waals surface area contributed by atoms with Crippen LogP contribution in [0.15, 0.2) is 60.7 Å². The van der Waals surface area contributed by atoms with Gasteiger partial charge < -0.3 is 29.0 Å². The number of hydrogen-bond donors (Lipinski definition) is 2. The van der Waals surface area contributed by atoms with Gasteiger partial charge in [0.25, 0.3) is 0 Å². The zero-order valence-electron chi connectivity index (χ0n) is 19.9. The molecular formula is C27H33N3O5. The lowest BCUT2D eigenvalue weighted by Gasteiger charge is -2.38. The van der Waals surface area contributed by atoms with Crippen molar-refractivity contribution in [3.8, 4) is 22.5 Å². The number of aromatic amines is 1. The zero-order valence-corrected chi connectivity index (χ0v) is 19.9. The van der Waals surface area contributed by atoms with Crippen LogP contribution in [0.1, 0.15) is 12.1 Å². The maximum absolute atomic E-state index is 10.1. The lowest BCUT2D eigenvalue weighted by molar-refractivity contribution is -0.254. The van der Waals surface area contributed by atoms with E-state index in [1.807, 2.05) is 48.5 Å². The van der Waals surface area contributed by atoms with Crippen LogP contribution in [0.3, 0.4) is 0 Å². The number of hydrogen-bond acceptors (Lipinski definition) is 7. The first-order valence-electron chi connectivity index (χ1n) is 12.2. The first kappa shape index (κ1) is 24.1. The van der Waals surface area contributed by atoms with Gasteiger partial charge in [-0.25, -0.2) is 4.98 Å². The van der Waals surface area contributed by atoms with Gasteiger partial charge in [0.2, 0.25) is 6.29 Å². The molecule has 5 rings (SSSR count). The van der Waals surface area contributed by atoms with Crippen molar-refractivity contribution in [2.45, 2.75) is 6.29 Å². The van der Waals surface area contributed by atoms with Crippen LogP contribution >= 0.6 is 0 Å². The van der Waals surface area contributed by atoms with Crippen LogP contribution in [0, 0.1) is 5.41 Å². The third-order valence-corrected chi connectivity index (χ3v) is 6.54. The molecule has 0 spiro atoms. The summed E-state index contributed by atoms with van der Waals surface area (Å²) in [5.41, 5.74) is 3.25. The summed E-state index contributed by atoms with van der Waals surface area (Å²) in [6.45, 7) is 5.83. The zero-order chi connectivity index (χ0) is 23.9. The monoisotopic (exact) mass is 479 g/mol. The van der Waals surface area contributed by atoms with Gasteiger partial charge in [-0.05, 0) is 0 Å². The Morgan fingerprint density at radius 1 is 0.971 bits per heavy atom. The number of morpholine rings is 1. The Morgan fingerprint density at radius 2 is 1.63 bits per heavy atom. The van der Waals surface area contributed by atoms with Crippen LogP contribution < -0.4 is 0 Å². The molecular weight excluding hydrogens is 446 g/mol. The molecule has 8 heteroatoms. The molecule has 0 unspecified atom stereocenters. The fourth-order valence-electron chi connectivity index (χ4n) is 4.40. The smallest absolute Gasteiger partial charge is 0.217 e. The molecule has 2 N–H and O–H groups in total. The van der Waals surface area contributed by atoms with E-state index in [2.05, 4.69) is 22.0 Å². The lowest BCUT2D eigenvalue weighted by Crippen LogP contribution is -2.46. The first-order valence-corrected chi connectivity index (χ1v) is 12.2. The van der Waals surface area contributed by atoms with Crippen molar-refractivity contribution in [2.24, 2.45) is 5.41 Å². The molecule has 186 valence electrons. The van der Waals surface area contributed by atoms with Crippen LogP contribution in [-0.4, -0.2) is 85.9 Å². The second-order valence-corrected chi connectivity index (χ2v) is 9.20. The van der Waals surface area contributed by atoms with Crippen molar-refractivity contribution in [3.63, 3.8) is 0 Å². The highest BCUT2D eigenvalue weighted by molar-refractivity contribution is 5.78. The molecule has 3 aromatic rings. The van der Waals surface area contributed by atoms with Crippen LogP contribution in [0.5, 0.6) is 0 Å². The number of rotatable bonds is 9. The number of imidazole rings is 1. The summed E-state index contributed by atoms with van der Waals surface area (Å²) >= 11 is 0. The Kier molecular flexibility index (Phi) is 7.88. The fraction of sp³-hybridized carbons (Fsp3) is 0.444. The van der Waals surface area contributed by atoms with E-state index in [4.69, 9.17) is 23.9 Å². The Bertz CT molecular complexity index is 988. The molecule has 2 saturated heterocycles. The summed E-state index contributed by atoms with van der Waals surface area (Å²) in [6.07, 6.45) is -0.636. The summed E-state index contributed by atoms with van der Waals surface area (Å²) in [7, 11) is 0. The Hall–Kier alpha value is -2.59. The van der Waals surface area contributed by atoms with E-state index >= 15 is 0 Å². The number of nitrogens with one attached hydrogen (secondary N) is 1. The van der Waals surface area contributed by atoms with Gasteiger partial charge in [0.15, 0.2) is 5.82 Å². The van der Waals surface area contributed by atoms with Crippen molar-refractivity contribution >= 4 is 0 Å². The van der Waals surface area contributed by atoms with E-state index in [1.165, 1.54) is 0 Å². The average molecular weight is 480 g/mol. The second-order valence-electron chi connectivity index (χ2n) is 9.20. The highest BCUT2D eigenvalue weighted by Gasteiger charge is 2.39. The van der Waals surface area contributed by atoms with Gasteiger partial charge in [-0.15, -0.1) is 0 Å². The highest BCUT2D eigenvalue weighted by atomic mass is 16.7. The van der Waals surface area contributed by atoms with E-state index in [9.17, 15) is 5.11 Å². The third-order valence-electron chi connectivity index (χ3n) is 6.54. The van der Waals surface area contributed by atoms with E-state index in [-0.39, 0.29) is 6.61 Å². The standard InChI is InChI=1S/C27H33N3O5/c31-17-27(18-33-16-13-30-11-14-32-15-12-30)19-34-26(35-20-27)25-28-23(21-7-3-1-4-8-21)24(29-25)22-9-5-2-6-10-22/h1-10,26,31H,11-20H2,(H,28,29). The van der Waals surface area contributed by atoms with Crippen LogP contribution in [0.25, 0.3) is 22.5 Å². The largest absolute Gasteiger partial charge is 0.396 e. The molecule has 0 radical (unpaired) electrons. The van der Waals surface area contributed by atoms with Crippen molar-refractivity contribution in [1.82, 2.24) is 14.9 Å².